The van der Waals surface area contributed by atoms with Gasteiger partial charge in [-0.2, -0.15) is 5.26 Å². The van der Waals surface area contributed by atoms with Crippen LogP contribution in [-0.4, -0.2) is 26.2 Å². The first-order valence-corrected chi connectivity index (χ1v) is 8.40. The fraction of sp³-hybridized carbons (Fsp3) is 0.500. The predicted molar refractivity (Wildman–Crippen MR) is 77.2 cm³/mol. The molecule has 0 spiro atoms. The van der Waals surface area contributed by atoms with Gasteiger partial charge < -0.3 is 4.74 Å². The van der Waals surface area contributed by atoms with Crippen molar-refractivity contribution < 1.29 is 17.9 Å². The van der Waals surface area contributed by atoms with Crippen molar-refractivity contribution in [3.05, 3.63) is 16.5 Å². The van der Waals surface area contributed by atoms with Crippen LogP contribution in [0.15, 0.2) is 6.07 Å². The number of ether oxygens (including phenoxy) is 1. The third kappa shape index (κ3) is 3.71. The molecule has 1 heterocycles. The maximum atomic E-state index is 11.9. The highest BCUT2D eigenvalue weighted by Crippen LogP contribution is 2.28. The van der Waals surface area contributed by atoms with Gasteiger partial charge in [-0.15, -0.1) is 11.3 Å². The molecular weight excluding hydrogens is 300 g/mol. The largest absolute Gasteiger partial charge is 0.462 e. The van der Waals surface area contributed by atoms with Gasteiger partial charge in [0.2, 0.25) is 10.0 Å². The second-order valence-corrected chi connectivity index (χ2v) is 6.93. The van der Waals surface area contributed by atoms with Crippen molar-refractivity contribution in [1.82, 2.24) is 0 Å². The number of hydrogen-bond acceptors (Lipinski definition) is 6. The first kappa shape index (κ1) is 16.5. The van der Waals surface area contributed by atoms with Gasteiger partial charge in [-0.3, -0.25) is 4.72 Å². The minimum atomic E-state index is -3.77. The van der Waals surface area contributed by atoms with Crippen molar-refractivity contribution in [2.45, 2.75) is 32.4 Å². The molecule has 0 radical (unpaired) electrons. The number of aryl methyl sites for hydroxylation is 1. The molecule has 0 saturated heterocycles. The average molecular weight is 316 g/mol. The monoisotopic (exact) mass is 316 g/mol. The first-order valence-electron chi connectivity index (χ1n) is 6.04. The minimum Gasteiger partial charge on any atom is -0.462 e. The van der Waals surface area contributed by atoms with Crippen LogP contribution in [0.25, 0.3) is 0 Å². The maximum absolute atomic E-state index is 11.9. The molecule has 1 unspecified atom stereocenters. The number of nitrogens with zero attached hydrogens (tertiary/aromatic N) is 1. The van der Waals surface area contributed by atoms with Gasteiger partial charge in [-0.1, -0.05) is 6.92 Å². The maximum Gasteiger partial charge on any atom is 0.348 e. The molecule has 0 aliphatic rings. The lowest BCUT2D eigenvalue weighted by molar-refractivity contribution is 0.0531. The molecule has 1 rings (SSSR count). The van der Waals surface area contributed by atoms with Crippen LogP contribution < -0.4 is 4.72 Å². The molecule has 0 saturated carbocycles. The van der Waals surface area contributed by atoms with Crippen molar-refractivity contribution >= 4 is 32.3 Å². The third-order valence-corrected chi connectivity index (χ3v) is 5.46. The van der Waals surface area contributed by atoms with Crippen LogP contribution in [0.2, 0.25) is 0 Å². The fourth-order valence-corrected chi connectivity index (χ4v) is 3.92. The summed E-state index contributed by atoms with van der Waals surface area (Å²) >= 11 is 0.999. The summed E-state index contributed by atoms with van der Waals surface area (Å²) < 4.78 is 31.1. The summed E-state index contributed by atoms with van der Waals surface area (Å²) in [5, 5.41) is 8.01. The molecule has 1 N–H and O–H groups in total. The Kier molecular flexibility index (Phi) is 5.53. The van der Waals surface area contributed by atoms with Crippen LogP contribution in [0, 0.1) is 18.3 Å². The van der Waals surface area contributed by atoms with Crippen LogP contribution >= 0.6 is 11.3 Å². The van der Waals surface area contributed by atoms with E-state index >= 15 is 0 Å². The summed E-state index contributed by atoms with van der Waals surface area (Å²) in [5.41, 5.74) is 0.635. The van der Waals surface area contributed by atoms with Crippen LogP contribution in [0.4, 0.5) is 5.00 Å². The minimum absolute atomic E-state index is 0.195. The van der Waals surface area contributed by atoms with Gasteiger partial charge in [0, 0.05) is 0 Å². The Bertz CT molecular complexity index is 628. The summed E-state index contributed by atoms with van der Waals surface area (Å²) in [7, 11) is -3.77. The average Bonchev–Trinajstić information content (AvgIpc) is 2.70. The Hall–Kier alpha value is -1.59. The summed E-state index contributed by atoms with van der Waals surface area (Å²) in [6.07, 6.45) is 0.195. The molecule has 0 aliphatic carbocycles. The molecule has 1 aromatic heterocycles. The number of hydrogen-bond donors (Lipinski definition) is 1. The van der Waals surface area contributed by atoms with E-state index in [9.17, 15) is 13.2 Å². The third-order valence-electron chi connectivity index (χ3n) is 2.51. The zero-order chi connectivity index (χ0) is 15.3. The van der Waals surface area contributed by atoms with E-state index in [1.54, 1.807) is 32.9 Å². The van der Waals surface area contributed by atoms with E-state index in [2.05, 4.69) is 4.72 Å². The number of nitrogens with one attached hydrogen (secondary N) is 1. The number of esters is 1. The molecule has 1 atom stereocenters. The summed E-state index contributed by atoms with van der Waals surface area (Å²) in [6.45, 7) is 5.27. The van der Waals surface area contributed by atoms with Crippen molar-refractivity contribution in [3.63, 3.8) is 0 Å². The number of anilines is 1. The number of thiophene rings is 1. The number of rotatable bonds is 6. The second kappa shape index (κ2) is 6.72. The van der Waals surface area contributed by atoms with Gasteiger partial charge in [0.15, 0.2) is 5.25 Å². The van der Waals surface area contributed by atoms with E-state index in [1.807, 2.05) is 0 Å². The zero-order valence-electron chi connectivity index (χ0n) is 11.5. The SMILES string of the molecule is CCOC(=O)c1sc(NS(=O)(=O)C(C#N)CC)cc1C. The summed E-state index contributed by atoms with van der Waals surface area (Å²) in [5.74, 6) is -0.479. The van der Waals surface area contributed by atoms with Gasteiger partial charge in [-0.25, -0.2) is 13.2 Å². The predicted octanol–water partition coefficient (Wildman–Crippen LogP) is 2.28. The molecule has 0 amide bonds. The van der Waals surface area contributed by atoms with Gasteiger partial charge in [-0.05, 0) is 31.9 Å². The standard InChI is InChI=1S/C12H16N2O4S2/c1-4-9(7-13)20(16,17)14-10-6-8(3)11(19-10)12(15)18-5-2/h6,9,14H,4-5H2,1-3H3. The van der Waals surface area contributed by atoms with Gasteiger partial charge in [0.05, 0.1) is 12.7 Å². The molecule has 0 fully saturated rings. The second-order valence-electron chi connectivity index (χ2n) is 4.02. The molecule has 20 heavy (non-hydrogen) atoms. The number of carbonyl (C=O) groups is 1. The van der Waals surface area contributed by atoms with Crippen LogP contribution in [0.1, 0.15) is 35.5 Å². The topological polar surface area (TPSA) is 96.3 Å². The van der Waals surface area contributed by atoms with Gasteiger partial charge in [0.25, 0.3) is 0 Å². The van der Waals surface area contributed by atoms with E-state index in [0.717, 1.165) is 11.3 Å². The molecule has 1 aromatic rings. The van der Waals surface area contributed by atoms with Crippen molar-refractivity contribution in [2.75, 3.05) is 11.3 Å². The number of carbonyl (C=O) groups excluding carboxylic acids is 1. The lowest BCUT2D eigenvalue weighted by Crippen LogP contribution is -2.25. The highest BCUT2D eigenvalue weighted by molar-refractivity contribution is 7.93. The van der Waals surface area contributed by atoms with Crippen molar-refractivity contribution in [1.29, 1.82) is 5.26 Å². The van der Waals surface area contributed by atoms with E-state index in [-0.39, 0.29) is 13.0 Å². The van der Waals surface area contributed by atoms with Crippen LogP contribution in [-0.2, 0) is 14.8 Å². The highest BCUT2D eigenvalue weighted by atomic mass is 32.2. The van der Waals surface area contributed by atoms with E-state index in [1.165, 1.54) is 0 Å². The Balaban J connectivity index is 2.99. The van der Waals surface area contributed by atoms with Crippen LogP contribution in [0.5, 0.6) is 0 Å². The van der Waals surface area contributed by atoms with Crippen molar-refractivity contribution in [2.24, 2.45) is 0 Å². The molecule has 0 aliphatic heterocycles. The summed E-state index contributed by atoms with van der Waals surface area (Å²) in [6, 6.07) is 3.29. The van der Waals surface area contributed by atoms with E-state index in [0.29, 0.717) is 15.4 Å². The lowest BCUT2D eigenvalue weighted by atomic mass is 10.3. The van der Waals surface area contributed by atoms with Crippen molar-refractivity contribution in [3.8, 4) is 6.07 Å². The van der Waals surface area contributed by atoms with Gasteiger partial charge in [0.1, 0.15) is 9.88 Å². The normalized spacial score (nSPS) is 12.5. The Morgan fingerprint density at radius 1 is 1.55 bits per heavy atom. The quantitative estimate of drug-likeness (QED) is 0.812. The number of nitriles is 1. The van der Waals surface area contributed by atoms with Gasteiger partial charge >= 0.3 is 5.97 Å². The Labute approximate surface area is 122 Å². The lowest BCUT2D eigenvalue weighted by Gasteiger charge is -2.08. The summed E-state index contributed by atoms with van der Waals surface area (Å²) in [4.78, 5) is 12.0. The molecular formula is C12H16N2O4S2. The Morgan fingerprint density at radius 3 is 2.70 bits per heavy atom. The van der Waals surface area contributed by atoms with E-state index < -0.39 is 21.2 Å². The molecule has 0 aromatic carbocycles. The molecule has 110 valence electrons. The Morgan fingerprint density at radius 2 is 2.20 bits per heavy atom. The fourth-order valence-electron chi connectivity index (χ4n) is 1.52. The highest BCUT2D eigenvalue weighted by Gasteiger charge is 2.25. The van der Waals surface area contributed by atoms with E-state index in [4.69, 9.17) is 10.00 Å². The number of sulfonamides is 1. The molecule has 0 bridgehead atoms. The molecule has 6 nitrogen and oxygen atoms in total. The zero-order valence-corrected chi connectivity index (χ0v) is 13.1. The molecule has 8 heteroatoms. The van der Waals surface area contributed by atoms with Crippen LogP contribution in [0.3, 0.4) is 0 Å². The first-order chi connectivity index (χ1) is 9.35. The smallest absolute Gasteiger partial charge is 0.348 e.